The SMILES string of the molecule is CCN(C(=O)CSc1nnc(N2CCOCC2)n1CC)c1ccccc1. The predicted molar refractivity (Wildman–Crippen MR) is 104 cm³/mol. The lowest BCUT2D eigenvalue weighted by atomic mass is 10.3. The molecule has 0 radical (unpaired) electrons. The van der Waals surface area contributed by atoms with E-state index in [1.54, 1.807) is 4.90 Å². The Bertz CT molecular complexity index is 716. The third-order valence-corrected chi connectivity index (χ3v) is 5.27. The summed E-state index contributed by atoms with van der Waals surface area (Å²) in [4.78, 5) is 16.7. The Balaban J connectivity index is 1.67. The first-order valence-corrected chi connectivity index (χ1v) is 9.97. The molecule has 1 fully saturated rings. The molecule has 2 aromatic rings. The molecule has 1 aromatic heterocycles. The van der Waals surface area contributed by atoms with Gasteiger partial charge in [-0.2, -0.15) is 0 Å². The van der Waals surface area contributed by atoms with Gasteiger partial charge in [0, 0.05) is 31.9 Å². The molecule has 1 aliphatic heterocycles. The van der Waals surface area contributed by atoms with Crippen LogP contribution in [0.3, 0.4) is 0 Å². The molecular formula is C18H25N5O2S. The molecular weight excluding hydrogens is 350 g/mol. The van der Waals surface area contributed by atoms with Crippen LogP contribution < -0.4 is 9.80 Å². The molecule has 7 nitrogen and oxygen atoms in total. The van der Waals surface area contributed by atoms with E-state index in [1.165, 1.54) is 11.8 Å². The average Bonchev–Trinajstić information content (AvgIpc) is 3.11. The number of aromatic nitrogens is 3. The minimum atomic E-state index is 0.0716. The number of rotatable bonds is 7. The first-order chi connectivity index (χ1) is 12.7. The molecule has 3 rings (SSSR count). The van der Waals surface area contributed by atoms with Crippen LogP contribution in [0.2, 0.25) is 0 Å². The van der Waals surface area contributed by atoms with E-state index < -0.39 is 0 Å². The number of thioether (sulfide) groups is 1. The number of para-hydroxylation sites is 1. The van der Waals surface area contributed by atoms with Crippen molar-refractivity contribution in [2.45, 2.75) is 25.5 Å². The van der Waals surface area contributed by atoms with Crippen LogP contribution in [0.25, 0.3) is 0 Å². The minimum Gasteiger partial charge on any atom is -0.378 e. The van der Waals surface area contributed by atoms with Gasteiger partial charge in [0.15, 0.2) is 5.16 Å². The summed E-state index contributed by atoms with van der Waals surface area (Å²) in [6, 6.07) is 9.75. The molecule has 0 aliphatic carbocycles. The zero-order valence-electron chi connectivity index (χ0n) is 15.3. The van der Waals surface area contributed by atoms with Gasteiger partial charge >= 0.3 is 0 Å². The van der Waals surface area contributed by atoms with Crippen molar-refractivity contribution in [1.82, 2.24) is 14.8 Å². The highest BCUT2D eigenvalue weighted by molar-refractivity contribution is 7.99. The summed E-state index contributed by atoms with van der Waals surface area (Å²) >= 11 is 1.44. The second kappa shape index (κ2) is 9.05. The molecule has 1 amide bonds. The van der Waals surface area contributed by atoms with Crippen LogP contribution in [0.4, 0.5) is 11.6 Å². The fourth-order valence-corrected chi connectivity index (χ4v) is 3.85. The lowest BCUT2D eigenvalue weighted by molar-refractivity contribution is -0.116. The van der Waals surface area contributed by atoms with Crippen LogP contribution >= 0.6 is 11.8 Å². The Morgan fingerprint density at radius 1 is 1.19 bits per heavy atom. The van der Waals surface area contributed by atoms with Gasteiger partial charge in [-0.25, -0.2) is 0 Å². The van der Waals surface area contributed by atoms with Crippen molar-refractivity contribution in [2.75, 3.05) is 48.4 Å². The van der Waals surface area contributed by atoms with Crippen molar-refractivity contribution in [3.05, 3.63) is 30.3 Å². The maximum atomic E-state index is 12.7. The summed E-state index contributed by atoms with van der Waals surface area (Å²) in [6.45, 7) is 8.52. The van der Waals surface area contributed by atoms with Crippen LogP contribution in [0.5, 0.6) is 0 Å². The van der Waals surface area contributed by atoms with Gasteiger partial charge in [-0.15, -0.1) is 10.2 Å². The Labute approximate surface area is 158 Å². The average molecular weight is 375 g/mol. The van der Waals surface area contributed by atoms with E-state index in [-0.39, 0.29) is 5.91 Å². The van der Waals surface area contributed by atoms with Gasteiger partial charge in [0.1, 0.15) is 0 Å². The normalized spacial score (nSPS) is 14.5. The summed E-state index contributed by atoms with van der Waals surface area (Å²) in [5.41, 5.74) is 0.923. The highest BCUT2D eigenvalue weighted by Crippen LogP contribution is 2.24. The zero-order chi connectivity index (χ0) is 18.4. The molecule has 1 aromatic carbocycles. The van der Waals surface area contributed by atoms with E-state index in [0.29, 0.717) is 25.5 Å². The topological polar surface area (TPSA) is 63.5 Å². The molecule has 0 saturated carbocycles. The summed E-state index contributed by atoms with van der Waals surface area (Å²) < 4.78 is 7.48. The lowest BCUT2D eigenvalue weighted by Gasteiger charge is -2.27. The Hall–Kier alpha value is -2.06. The summed E-state index contributed by atoms with van der Waals surface area (Å²) in [5, 5.41) is 9.45. The fraction of sp³-hybridized carbons (Fsp3) is 0.500. The second-order valence-corrected chi connectivity index (χ2v) is 6.83. The Morgan fingerprint density at radius 3 is 2.58 bits per heavy atom. The second-order valence-electron chi connectivity index (χ2n) is 5.89. The number of carbonyl (C=O) groups is 1. The highest BCUT2D eigenvalue weighted by atomic mass is 32.2. The predicted octanol–water partition coefficient (Wildman–Crippen LogP) is 2.28. The van der Waals surface area contributed by atoms with Crippen LogP contribution in [-0.4, -0.2) is 59.3 Å². The molecule has 0 bridgehead atoms. The highest BCUT2D eigenvalue weighted by Gasteiger charge is 2.21. The van der Waals surface area contributed by atoms with E-state index in [9.17, 15) is 4.79 Å². The quantitative estimate of drug-likeness (QED) is 0.692. The maximum Gasteiger partial charge on any atom is 0.237 e. The number of morpholine rings is 1. The van der Waals surface area contributed by atoms with E-state index in [2.05, 4.69) is 26.6 Å². The third kappa shape index (κ3) is 4.19. The molecule has 1 saturated heterocycles. The van der Waals surface area contributed by atoms with Crippen LogP contribution in [0, 0.1) is 0 Å². The Morgan fingerprint density at radius 2 is 1.92 bits per heavy atom. The smallest absolute Gasteiger partial charge is 0.237 e. The summed E-state index contributed by atoms with van der Waals surface area (Å²) in [5.74, 6) is 1.27. The van der Waals surface area contributed by atoms with E-state index in [4.69, 9.17) is 4.74 Å². The van der Waals surface area contributed by atoms with Gasteiger partial charge in [-0.05, 0) is 26.0 Å². The van der Waals surface area contributed by atoms with Gasteiger partial charge in [0.25, 0.3) is 0 Å². The monoisotopic (exact) mass is 375 g/mol. The fourth-order valence-electron chi connectivity index (χ4n) is 2.98. The third-order valence-electron chi connectivity index (χ3n) is 4.32. The van der Waals surface area contributed by atoms with Gasteiger partial charge < -0.3 is 14.5 Å². The number of ether oxygens (including phenoxy) is 1. The summed E-state index contributed by atoms with van der Waals surface area (Å²) in [7, 11) is 0. The molecule has 140 valence electrons. The molecule has 8 heteroatoms. The Kier molecular flexibility index (Phi) is 6.51. The van der Waals surface area contributed by atoms with Crippen molar-refractivity contribution in [1.29, 1.82) is 0 Å². The molecule has 0 spiro atoms. The number of hydrogen-bond donors (Lipinski definition) is 0. The van der Waals surface area contributed by atoms with Crippen LogP contribution in [-0.2, 0) is 16.1 Å². The van der Waals surface area contributed by atoms with E-state index >= 15 is 0 Å². The number of anilines is 2. The van der Waals surface area contributed by atoms with Gasteiger partial charge in [-0.1, -0.05) is 30.0 Å². The number of amides is 1. The van der Waals surface area contributed by atoms with Gasteiger partial charge in [-0.3, -0.25) is 9.36 Å². The number of hydrogen-bond acceptors (Lipinski definition) is 6. The molecule has 0 N–H and O–H groups in total. The largest absolute Gasteiger partial charge is 0.378 e. The first-order valence-electron chi connectivity index (χ1n) is 8.98. The molecule has 26 heavy (non-hydrogen) atoms. The van der Waals surface area contributed by atoms with Crippen molar-refractivity contribution >= 4 is 29.3 Å². The number of carbonyl (C=O) groups excluding carboxylic acids is 1. The standard InChI is InChI=1S/C18H25N5O2S/c1-3-22(15-8-6-5-7-9-15)16(24)14-26-18-20-19-17(23(18)4-2)21-10-12-25-13-11-21/h5-9H,3-4,10-14H2,1-2H3. The number of benzene rings is 1. The molecule has 1 aliphatic rings. The van der Waals surface area contributed by atoms with Crippen molar-refractivity contribution in [2.24, 2.45) is 0 Å². The van der Waals surface area contributed by atoms with Crippen LogP contribution in [0.1, 0.15) is 13.8 Å². The van der Waals surface area contributed by atoms with Crippen molar-refractivity contribution < 1.29 is 9.53 Å². The van der Waals surface area contributed by atoms with Crippen molar-refractivity contribution in [3.8, 4) is 0 Å². The molecule has 0 atom stereocenters. The first kappa shape index (κ1) is 18.7. The molecule has 2 heterocycles. The van der Waals surface area contributed by atoms with Gasteiger partial charge in [0.05, 0.1) is 19.0 Å². The lowest BCUT2D eigenvalue weighted by Crippen LogP contribution is -2.38. The van der Waals surface area contributed by atoms with Gasteiger partial charge in [0.2, 0.25) is 11.9 Å². The molecule has 0 unspecified atom stereocenters. The minimum absolute atomic E-state index is 0.0716. The van der Waals surface area contributed by atoms with Crippen LogP contribution in [0.15, 0.2) is 35.5 Å². The maximum absolute atomic E-state index is 12.7. The zero-order valence-corrected chi connectivity index (χ0v) is 16.1. The number of nitrogens with zero attached hydrogens (tertiary/aromatic N) is 5. The van der Waals surface area contributed by atoms with E-state index in [1.807, 2.05) is 37.3 Å². The van der Waals surface area contributed by atoms with E-state index in [0.717, 1.165) is 36.4 Å². The van der Waals surface area contributed by atoms with Crippen molar-refractivity contribution in [3.63, 3.8) is 0 Å². The summed E-state index contributed by atoms with van der Waals surface area (Å²) in [6.07, 6.45) is 0.